The Balaban J connectivity index is 1.98. The first-order valence-electron chi connectivity index (χ1n) is 10.4. The molecule has 0 radical (unpaired) electrons. The van der Waals surface area contributed by atoms with Gasteiger partial charge < -0.3 is 9.84 Å². The lowest BCUT2D eigenvalue weighted by Gasteiger charge is -2.42. The minimum atomic E-state index is -0.477. The van der Waals surface area contributed by atoms with E-state index in [9.17, 15) is 9.90 Å². The monoisotopic (exact) mass is 338 g/mol. The Morgan fingerprint density at radius 3 is 2.42 bits per heavy atom. The molecule has 0 aliphatic heterocycles. The second-order valence-electron chi connectivity index (χ2n) is 8.35. The molecule has 3 heteroatoms. The van der Waals surface area contributed by atoms with E-state index in [4.69, 9.17) is 4.74 Å². The van der Waals surface area contributed by atoms with E-state index in [2.05, 4.69) is 13.8 Å². The number of hydrogen-bond acceptors (Lipinski definition) is 3. The van der Waals surface area contributed by atoms with Gasteiger partial charge in [-0.3, -0.25) is 4.79 Å². The zero-order chi connectivity index (χ0) is 17.5. The third-order valence-electron chi connectivity index (χ3n) is 6.68. The van der Waals surface area contributed by atoms with Gasteiger partial charge in [0.2, 0.25) is 0 Å². The van der Waals surface area contributed by atoms with Crippen LogP contribution in [0.5, 0.6) is 0 Å². The van der Waals surface area contributed by atoms with Crippen LogP contribution in [0.4, 0.5) is 0 Å². The van der Waals surface area contributed by atoms with Crippen molar-refractivity contribution < 1.29 is 14.6 Å². The molecule has 0 aromatic rings. The lowest BCUT2D eigenvalue weighted by Crippen LogP contribution is -2.41. The normalized spacial score (nSPS) is 31.4. The summed E-state index contributed by atoms with van der Waals surface area (Å²) in [6.45, 7) is 6.18. The van der Waals surface area contributed by atoms with Crippen LogP contribution in [0.15, 0.2) is 0 Å². The number of carbonyl (C=O) groups is 1. The Hall–Kier alpha value is -0.570. The summed E-state index contributed by atoms with van der Waals surface area (Å²) in [5.74, 6) is 2.69. The van der Waals surface area contributed by atoms with Gasteiger partial charge in [0.1, 0.15) is 6.10 Å². The molecular weight excluding hydrogens is 300 g/mol. The first kappa shape index (κ1) is 19.8. The van der Waals surface area contributed by atoms with Gasteiger partial charge in [-0.1, -0.05) is 58.8 Å². The number of ether oxygens (including phenoxy) is 1. The van der Waals surface area contributed by atoms with Crippen molar-refractivity contribution in [2.75, 3.05) is 0 Å². The van der Waals surface area contributed by atoms with Crippen molar-refractivity contribution in [2.24, 2.45) is 23.7 Å². The lowest BCUT2D eigenvalue weighted by molar-refractivity contribution is -0.157. The summed E-state index contributed by atoms with van der Waals surface area (Å²) >= 11 is 0. The molecule has 2 aliphatic carbocycles. The van der Waals surface area contributed by atoms with Crippen LogP contribution in [-0.2, 0) is 9.53 Å². The molecule has 2 fully saturated rings. The first-order valence-corrected chi connectivity index (χ1v) is 10.4. The highest BCUT2D eigenvalue weighted by Crippen LogP contribution is 2.43. The van der Waals surface area contributed by atoms with Gasteiger partial charge in [0, 0.05) is 6.92 Å². The van der Waals surface area contributed by atoms with E-state index >= 15 is 0 Å². The zero-order valence-electron chi connectivity index (χ0n) is 16.0. The van der Waals surface area contributed by atoms with Gasteiger partial charge in [-0.25, -0.2) is 0 Å². The smallest absolute Gasteiger partial charge is 0.302 e. The van der Waals surface area contributed by atoms with E-state index in [-0.39, 0.29) is 12.1 Å². The molecule has 0 saturated heterocycles. The molecule has 0 aromatic carbocycles. The van der Waals surface area contributed by atoms with Crippen molar-refractivity contribution >= 4 is 5.97 Å². The van der Waals surface area contributed by atoms with Crippen LogP contribution in [0, 0.1) is 23.7 Å². The Bertz CT molecular complexity index is 375. The summed E-state index contributed by atoms with van der Waals surface area (Å²) in [5, 5.41) is 10.5. The molecule has 140 valence electrons. The minimum absolute atomic E-state index is 0.268. The quantitative estimate of drug-likeness (QED) is 0.657. The standard InChI is InChI=1S/C21H38O3/c1-4-5-11-19(15(2)17-9-7-6-8-10-17)18-12-13-21(20(23)14-18)24-16(3)22/h15,17-21,23H,4-14H2,1-3H3. The fourth-order valence-corrected chi connectivity index (χ4v) is 5.27. The number of aliphatic hydroxyl groups excluding tert-OH is 1. The average Bonchev–Trinajstić information content (AvgIpc) is 2.57. The molecule has 5 atom stereocenters. The average molecular weight is 339 g/mol. The molecule has 2 saturated carbocycles. The molecule has 0 aromatic heterocycles. The third-order valence-corrected chi connectivity index (χ3v) is 6.68. The Kier molecular flexibility index (Phi) is 8.06. The molecule has 0 bridgehead atoms. The van der Waals surface area contributed by atoms with E-state index in [1.165, 1.54) is 58.3 Å². The topological polar surface area (TPSA) is 46.5 Å². The molecule has 3 nitrogen and oxygen atoms in total. The van der Waals surface area contributed by atoms with Crippen LogP contribution < -0.4 is 0 Å². The number of aliphatic hydroxyl groups is 1. The number of unbranched alkanes of at least 4 members (excludes halogenated alkanes) is 1. The molecule has 1 N–H and O–H groups in total. The first-order chi connectivity index (χ1) is 11.5. The highest BCUT2D eigenvalue weighted by Gasteiger charge is 2.38. The van der Waals surface area contributed by atoms with Crippen LogP contribution in [-0.4, -0.2) is 23.3 Å². The maximum absolute atomic E-state index is 11.2. The fourth-order valence-electron chi connectivity index (χ4n) is 5.27. The predicted molar refractivity (Wildman–Crippen MR) is 97.7 cm³/mol. The molecule has 24 heavy (non-hydrogen) atoms. The maximum Gasteiger partial charge on any atom is 0.302 e. The highest BCUT2D eigenvalue weighted by molar-refractivity contribution is 5.66. The molecule has 5 unspecified atom stereocenters. The summed E-state index contributed by atoms with van der Waals surface area (Å²) < 4.78 is 5.30. The number of hydrogen-bond donors (Lipinski definition) is 1. The van der Waals surface area contributed by atoms with Gasteiger partial charge in [-0.05, 0) is 49.4 Å². The van der Waals surface area contributed by atoms with Crippen LogP contribution in [0.25, 0.3) is 0 Å². The van der Waals surface area contributed by atoms with Crippen molar-refractivity contribution in [3.63, 3.8) is 0 Å². The summed E-state index contributed by atoms with van der Waals surface area (Å²) in [4.78, 5) is 11.2. The Morgan fingerprint density at radius 1 is 1.12 bits per heavy atom. The number of rotatable bonds is 7. The number of carbonyl (C=O) groups excluding carboxylic acids is 1. The van der Waals surface area contributed by atoms with E-state index in [0.717, 1.165) is 37.0 Å². The van der Waals surface area contributed by atoms with Crippen molar-refractivity contribution in [3.05, 3.63) is 0 Å². The van der Waals surface area contributed by atoms with Crippen LogP contribution in [0.3, 0.4) is 0 Å². The van der Waals surface area contributed by atoms with Gasteiger partial charge in [0.25, 0.3) is 0 Å². The third kappa shape index (κ3) is 5.47. The van der Waals surface area contributed by atoms with Gasteiger partial charge in [-0.15, -0.1) is 0 Å². The highest BCUT2D eigenvalue weighted by atomic mass is 16.6. The molecular formula is C21H38O3. The van der Waals surface area contributed by atoms with Gasteiger partial charge in [0.15, 0.2) is 0 Å². The second kappa shape index (κ2) is 9.79. The SMILES string of the molecule is CCCCC(C1CCC(OC(C)=O)C(O)C1)C(C)C1CCCCC1. The lowest BCUT2D eigenvalue weighted by atomic mass is 9.65. The van der Waals surface area contributed by atoms with E-state index in [1.807, 2.05) is 0 Å². The Morgan fingerprint density at radius 2 is 1.83 bits per heavy atom. The minimum Gasteiger partial charge on any atom is -0.460 e. The van der Waals surface area contributed by atoms with Gasteiger partial charge >= 0.3 is 5.97 Å². The largest absolute Gasteiger partial charge is 0.460 e. The maximum atomic E-state index is 11.2. The zero-order valence-corrected chi connectivity index (χ0v) is 16.0. The summed E-state index contributed by atoms with van der Waals surface area (Å²) in [6.07, 6.45) is 12.8. The van der Waals surface area contributed by atoms with Crippen LogP contribution >= 0.6 is 0 Å². The van der Waals surface area contributed by atoms with Crippen molar-refractivity contribution in [2.45, 2.75) is 104 Å². The van der Waals surface area contributed by atoms with Gasteiger partial charge in [-0.2, -0.15) is 0 Å². The fraction of sp³-hybridized carbons (Fsp3) is 0.952. The van der Waals surface area contributed by atoms with E-state index in [1.54, 1.807) is 0 Å². The molecule has 0 spiro atoms. The molecule has 0 heterocycles. The molecule has 2 aliphatic rings. The molecule has 2 rings (SSSR count). The van der Waals surface area contributed by atoms with Crippen molar-refractivity contribution in [3.8, 4) is 0 Å². The van der Waals surface area contributed by atoms with E-state index in [0.29, 0.717) is 5.92 Å². The van der Waals surface area contributed by atoms with Crippen molar-refractivity contribution in [1.82, 2.24) is 0 Å². The van der Waals surface area contributed by atoms with Crippen molar-refractivity contribution in [1.29, 1.82) is 0 Å². The summed E-state index contributed by atoms with van der Waals surface area (Å²) in [5.41, 5.74) is 0. The second-order valence-corrected chi connectivity index (χ2v) is 8.35. The predicted octanol–water partition coefficient (Wildman–Crippen LogP) is 5.10. The van der Waals surface area contributed by atoms with Crippen LogP contribution in [0.1, 0.15) is 91.4 Å². The summed E-state index contributed by atoms with van der Waals surface area (Å²) in [6, 6.07) is 0. The number of esters is 1. The Labute approximate surface area is 148 Å². The summed E-state index contributed by atoms with van der Waals surface area (Å²) in [7, 11) is 0. The van der Waals surface area contributed by atoms with Crippen LogP contribution in [0.2, 0.25) is 0 Å². The molecule has 0 amide bonds. The van der Waals surface area contributed by atoms with Gasteiger partial charge in [0.05, 0.1) is 6.10 Å². The van der Waals surface area contributed by atoms with E-state index < -0.39 is 6.10 Å².